The number of thiophene rings is 1. The van der Waals surface area contributed by atoms with Gasteiger partial charge < -0.3 is 10.1 Å². The smallest absolute Gasteiger partial charge is 0.307 e. The topological polar surface area (TPSA) is 55.4 Å². The molecule has 1 N–H and O–H groups in total. The van der Waals surface area contributed by atoms with Crippen molar-refractivity contribution in [3.63, 3.8) is 0 Å². The molecule has 1 heterocycles. The zero-order valence-corrected chi connectivity index (χ0v) is 14.9. The maximum absolute atomic E-state index is 12.6. The first-order chi connectivity index (χ1) is 11.0. The molecular formula is C17H19NO3S2. The molecule has 1 aromatic heterocycles. The van der Waals surface area contributed by atoms with Gasteiger partial charge >= 0.3 is 5.97 Å². The molecule has 0 radical (unpaired) electrons. The van der Waals surface area contributed by atoms with Gasteiger partial charge in [-0.05, 0) is 42.3 Å². The maximum Gasteiger partial charge on any atom is 0.307 e. The molecule has 2 aromatic rings. The number of hydrogen-bond acceptors (Lipinski definition) is 5. The van der Waals surface area contributed by atoms with Crippen LogP contribution in [0, 0.1) is 6.92 Å². The number of nitrogens with one attached hydrogen (secondary N) is 1. The van der Waals surface area contributed by atoms with Crippen molar-refractivity contribution in [1.82, 2.24) is 5.32 Å². The van der Waals surface area contributed by atoms with E-state index in [4.69, 9.17) is 4.74 Å². The van der Waals surface area contributed by atoms with E-state index >= 15 is 0 Å². The lowest BCUT2D eigenvalue weighted by Crippen LogP contribution is -2.30. The Bertz CT molecular complexity index is 683. The Labute approximate surface area is 144 Å². The van der Waals surface area contributed by atoms with Crippen LogP contribution in [0.4, 0.5) is 0 Å². The molecule has 122 valence electrons. The molecule has 0 aliphatic rings. The van der Waals surface area contributed by atoms with E-state index in [1.807, 2.05) is 48.9 Å². The molecule has 0 bridgehead atoms. The summed E-state index contributed by atoms with van der Waals surface area (Å²) >= 11 is 3.09. The Morgan fingerprint density at radius 1 is 1.35 bits per heavy atom. The quantitative estimate of drug-likeness (QED) is 0.636. The summed E-state index contributed by atoms with van der Waals surface area (Å²) in [6.45, 7) is 1.90. The number of esters is 1. The molecule has 6 heteroatoms. The minimum Gasteiger partial charge on any atom is -0.469 e. The number of hydrogen-bond donors (Lipinski definition) is 1. The van der Waals surface area contributed by atoms with Gasteiger partial charge in [0.2, 0.25) is 0 Å². The highest BCUT2D eigenvalue weighted by Gasteiger charge is 2.21. The van der Waals surface area contributed by atoms with Crippen molar-refractivity contribution < 1.29 is 14.3 Å². The van der Waals surface area contributed by atoms with Crippen LogP contribution in [-0.2, 0) is 9.53 Å². The third-order valence-corrected chi connectivity index (χ3v) is 5.19. The van der Waals surface area contributed by atoms with Gasteiger partial charge in [-0.2, -0.15) is 0 Å². The molecule has 0 aliphatic heterocycles. The first-order valence-corrected chi connectivity index (χ1v) is 9.21. The van der Waals surface area contributed by atoms with E-state index < -0.39 is 0 Å². The number of aryl methyl sites for hydroxylation is 1. The second-order valence-electron chi connectivity index (χ2n) is 5.00. The summed E-state index contributed by atoms with van der Waals surface area (Å²) < 4.78 is 4.74. The largest absolute Gasteiger partial charge is 0.469 e. The maximum atomic E-state index is 12.6. The van der Waals surface area contributed by atoms with Crippen LogP contribution in [0.15, 0.2) is 40.6 Å². The van der Waals surface area contributed by atoms with Crippen molar-refractivity contribution >= 4 is 35.0 Å². The first kappa shape index (κ1) is 17.6. The average Bonchev–Trinajstić information content (AvgIpc) is 3.08. The van der Waals surface area contributed by atoms with Gasteiger partial charge in [-0.15, -0.1) is 23.1 Å². The number of methoxy groups -OCH3 is 1. The molecule has 0 spiro atoms. The van der Waals surface area contributed by atoms with Crippen molar-refractivity contribution in [2.24, 2.45) is 0 Å². The van der Waals surface area contributed by atoms with Crippen LogP contribution in [-0.4, -0.2) is 25.2 Å². The highest BCUT2D eigenvalue weighted by molar-refractivity contribution is 7.98. The van der Waals surface area contributed by atoms with E-state index in [2.05, 4.69) is 5.32 Å². The summed E-state index contributed by atoms with van der Waals surface area (Å²) in [5.41, 5.74) is 1.53. The predicted octanol–water partition coefficient (Wildman–Crippen LogP) is 3.81. The lowest BCUT2D eigenvalue weighted by molar-refractivity contribution is -0.141. The minimum absolute atomic E-state index is 0.115. The molecular weight excluding hydrogens is 330 g/mol. The number of carbonyl (C=O) groups is 2. The Morgan fingerprint density at radius 2 is 2.13 bits per heavy atom. The molecule has 0 saturated carbocycles. The summed E-state index contributed by atoms with van der Waals surface area (Å²) in [7, 11) is 1.35. The summed E-state index contributed by atoms with van der Waals surface area (Å²) in [4.78, 5) is 26.2. The second kappa shape index (κ2) is 8.17. The van der Waals surface area contributed by atoms with E-state index in [9.17, 15) is 9.59 Å². The van der Waals surface area contributed by atoms with E-state index in [0.29, 0.717) is 5.56 Å². The van der Waals surface area contributed by atoms with Gasteiger partial charge in [0, 0.05) is 15.3 Å². The van der Waals surface area contributed by atoms with Crippen LogP contribution in [0.1, 0.15) is 33.3 Å². The fraction of sp³-hybridized carbons (Fsp3) is 0.294. The zero-order chi connectivity index (χ0) is 16.8. The van der Waals surface area contributed by atoms with Gasteiger partial charge in [-0.25, -0.2) is 0 Å². The van der Waals surface area contributed by atoms with Crippen molar-refractivity contribution in [1.29, 1.82) is 0 Å². The van der Waals surface area contributed by atoms with Gasteiger partial charge in [-0.3, -0.25) is 9.59 Å². The molecule has 0 fully saturated rings. The van der Waals surface area contributed by atoms with E-state index in [-0.39, 0.29) is 24.3 Å². The summed E-state index contributed by atoms with van der Waals surface area (Å²) in [5, 5.41) is 4.88. The molecule has 2 rings (SSSR count). The minimum atomic E-state index is -0.382. The lowest BCUT2D eigenvalue weighted by Gasteiger charge is -2.17. The van der Waals surface area contributed by atoms with Crippen molar-refractivity contribution in [3.8, 4) is 0 Å². The van der Waals surface area contributed by atoms with Gasteiger partial charge in [0.1, 0.15) is 0 Å². The fourth-order valence-electron chi connectivity index (χ4n) is 2.17. The van der Waals surface area contributed by atoms with E-state index in [0.717, 1.165) is 15.3 Å². The monoisotopic (exact) mass is 349 g/mol. The zero-order valence-electron chi connectivity index (χ0n) is 13.3. The van der Waals surface area contributed by atoms with Crippen LogP contribution in [0.25, 0.3) is 0 Å². The molecule has 1 aromatic carbocycles. The fourth-order valence-corrected chi connectivity index (χ4v) is 3.39. The first-order valence-electron chi connectivity index (χ1n) is 7.11. The van der Waals surface area contributed by atoms with Crippen LogP contribution >= 0.6 is 23.1 Å². The van der Waals surface area contributed by atoms with Gasteiger partial charge in [0.25, 0.3) is 5.91 Å². The van der Waals surface area contributed by atoms with Gasteiger partial charge in [0.05, 0.1) is 19.6 Å². The van der Waals surface area contributed by atoms with Crippen molar-refractivity contribution in [3.05, 3.63) is 51.7 Å². The van der Waals surface area contributed by atoms with Gasteiger partial charge in [0.15, 0.2) is 0 Å². The van der Waals surface area contributed by atoms with E-state index in [1.165, 1.54) is 18.4 Å². The van der Waals surface area contributed by atoms with Crippen LogP contribution in [0.5, 0.6) is 0 Å². The number of thioether (sulfide) groups is 1. The SMILES string of the molecule is COC(=O)CC(NC(=O)c1cc(SC)ccc1C)c1cccs1. The molecule has 1 atom stereocenters. The summed E-state index contributed by atoms with van der Waals surface area (Å²) in [5.74, 6) is -0.529. The molecule has 0 saturated heterocycles. The Kier molecular flexibility index (Phi) is 6.24. The second-order valence-corrected chi connectivity index (χ2v) is 6.86. The highest BCUT2D eigenvalue weighted by Crippen LogP contribution is 2.24. The summed E-state index contributed by atoms with van der Waals surface area (Å²) in [6, 6.07) is 9.22. The molecule has 4 nitrogen and oxygen atoms in total. The van der Waals surface area contributed by atoms with Crippen LogP contribution in [0.2, 0.25) is 0 Å². The number of carbonyl (C=O) groups excluding carboxylic acids is 2. The van der Waals surface area contributed by atoms with Crippen LogP contribution < -0.4 is 5.32 Å². The molecule has 1 amide bonds. The van der Waals surface area contributed by atoms with E-state index in [1.54, 1.807) is 11.8 Å². The highest BCUT2D eigenvalue weighted by atomic mass is 32.2. The lowest BCUT2D eigenvalue weighted by atomic mass is 10.1. The number of ether oxygens (including phenoxy) is 1. The summed E-state index contributed by atoms with van der Waals surface area (Å²) in [6.07, 6.45) is 2.09. The Morgan fingerprint density at radius 3 is 2.74 bits per heavy atom. The number of rotatable bonds is 6. The third kappa shape index (κ3) is 4.59. The standard InChI is InChI=1S/C17H19NO3S2/c1-11-6-7-12(22-3)9-13(11)17(20)18-14(10-16(19)21-2)15-5-4-8-23-15/h4-9,14H,10H2,1-3H3,(H,18,20). The molecule has 0 aliphatic carbocycles. The van der Waals surface area contributed by atoms with Crippen molar-refractivity contribution in [2.45, 2.75) is 24.3 Å². The predicted molar refractivity (Wildman–Crippen MR) is 94.1 cm³/mol. The Hall–Kier alpha value is -1.79. The number of amides is 1. The third-order valence-electron chi connectivity index (χ3n) is 3.48. The Balaban J connectivity index is 2.22. The van der Waals surface area contributed by atoms with Gasteiger partial charge in [-0.1, -0.05) is 12.1 Å². The van der Waals surface area contributed by atoms with Crippen molar-refractivity contribution in [2.75, 3.05) is 13.4 Å². The van der Waals surface area contributed by atoms with Crippen LogP contribution in [0.3, 0.4) is 0 Å². The average molecular weight is 349 g/mol. The normalized spacial score (nSPS) is 11.8. The molecule has 23 heavy (non-hydrogen) atoms. The number of benzene rings is 1. The molecule has 1 unspecified atom stereocenters.